The minimum absolute atomic E-state index is 0.574. The van der Waals surface area contributed by atoms with Crippen molar-refractivity contribution >= 4 is 27.8 Å². The normalized spacial score (nSPS) is 16.3. The molecule has 1 saturated carbocycles. The molecule has 0 spiro atoms. The summed E-state index contributed by atoms with van der Waals surface area (Å²) in [4.78, 5) is 29.7. The number of piperazine rings is 1. The van der Waals surface area contributed by atoms with Gasteiger partial charge in [0.15, 0.2) is 5.82 Å². The van der Waals surface area contributed by atoms with Gasteiger partial charge in [0, 0.05) is 78.1 Å². The highest BCUT2D eigenvalue weighted by molar-refractivity contribution is 5.98. The predicted octanol–water partition coefficient (Wildman–Crippen LogP) is 4.23. The van der Waals surface area contributed by atoms with Crippen molar-refractivity contribution in [2.75, 3.05) is 31.1 Å². The number of hydrogen-bond acceptors (Lipinski definition) is 7. The Morgan fingerprint density at radius 3 is 2.66 bits per heavy atom. The lowest BCUT2D eigenvalue weighted by molar-refractivity contribution is 0.586. The van der Waals surface area contributed by atoms with Crippen LogP contribution < -0.4 is 10.2 Å². The van der Waals surface area contributed by atoms with Gasteiger partial charge in [-0.1, -0.05) is 0 Å². The molecule has 174 valence electrons. The van der Waals surface area contributed by atoms with Gasteiger partial charge >= 0.3 is 0 Å². The Bertz CT molecular complexity index is 1550. The molecule has 0 radical (unpaired) electrons. The van der Waals surface area contributed by atoms with Crippen LogP contribution in [0.2, 0.25) is 0 Å². The fraction of sp³-hybridized carbons (Fsp3) is 0.296. The molecule has 0 unspecified atom stereocenters. The fourth-order valence-electron chi connectivity index (χ4n) is 5.02. The Morgan fingerprint density at radius 1 is 0.971 bits per heavy atom. The number of hydrogen-bond donors (Lipinski definition) is 2. The van der Waals surface area contributed by atoms with Gasteiger partial charge in [-0.2, -0.15) is 0 Å². The molecule has 0 aromatic carbocycles. The SMILES string of the molecule is Cc1ccc(-c2cc3c(-c4nc(N5CCNCC5)c5c(C6CC6)cncc5n4)ccnc3[nH]2)cn1. The Labute approximate surface area is 202 Å². The number of nitrogens with zero attached hydrogens (tertiary/aromatic N) is 6. The number of aromatic nitrogens is 6. The van der Waals surface area contributed by atoms with Crippen LogP contribution >= 0.6 is 0 Å². The van der Waals surface area contributed by atoms with Crippen molar-refractivity contribution in [3.63, 3.8) is 0 Å². The number of aryl methyl sites for hydroxylation is 1. The minimum atomic E-state index is 0.574. The van der Waals surface area contributed by atoms with Crippen molar-refractivity contribution < 1.29 is 0 Å². The minimum Gasteiger partial charge on any atom is -0.353 e. The highest BCUT2D eigenvalue weighted by atomic mass is 15.2. The summed E-state index contributed by atoms with van der Waals surface area (Å²) in [7, 11) is 0. The molecule has 0 amide bonds. The molecule has 6 heterocycles. The first-order valence-electron chi connectivity index (χ1n) is 12.3. The monoisotopic (exact) mass is 462 g/mol. The Kier molecular flexibility index (Phi) is 4.73. The lowest BCUT2D eigenvalue weighted by atomic mass is 10.1. The third kappa shape index (κ3) is 3.61. The molecule has 1 saturated heterocycles. The average molecular weight is 463 g/mol. The highest BCUT2D eigenvalue weighted by Gasteiger charge is 2.29. The van der Waals surface area contributed by atoms with Crippen molar-refractivity contribution in [1.82, 2.24) is 35.2 Å². The molecule has 2 aliphatic rings. The molecular weight excluding hydrogens is 436 g/mol. The quantitative estimate of drug-likeness (QED) is 0.413. The van der Waals surface area contributed by atoms with Crippen molar-refractivity contribution in [2.24, 2.45) is 0 Å². The van der Waals surface area contributed by atoms with E-state index >= 15 is 0 Å². The Balaban J connectivity index is 1.42. The van der Waals surface area contributed by atoms with Crippen molar-refractivity contribution in [2.45, 2.75) is 25.7 Å². The predicted molar refractivity (Wildman–Crippen MR) is 137 cm³/mol. The largest absolute Gasteiger partial charge is 0.353 e. The van der Waals surface area contributed by atoms with Gasteiger partial charge in [-0.15, -0.1) is 0 Å². The molecule has 5 aromatic rings. The number of rotatable bonds is 4. The van der Waals surface area contributed by atoms with Crippen LogP contribution in [0.4, 0.5) is 5.82 Å². The van der Waals surface area contributed by atoms with Gasteiger partial charge in [0.2, 0.25) is 0 Å². The van der Waals surface area contributed by atoms with Crippen molar-refractivity contribution in [3.05, 3.63) is 60.3 Å². The van der Waals surface area contributed by atoms with Crippen molar-refractivity contribution in [3.8, 4) is 22.6 Å². The first-order valence-corrected chi connectivity index (χ1v) is 12.3. The van der Waals surface area contributed by atoms with Crippen LogP contribution in [0.15, 0.2) is 49.1 Å². The standard InChI is InChI=1S/C27H26N8/c1-16-2-3-18(13-31-16)22-12-20-19(6-7-30-25(20)32-22)26-33-23-15-29-14-21(17-4-5-17)24(23)27(34-26)35-10-8-28-9-11-35/h2-3,6-7,12-15,17,28H,4-5,8-11H2,1H3,(H,30,32). The second-order valence-corrected chi connectivity index (χ2v) is 9.50. The van der Waals surface area contributed by atoms with E-state index < -0.39 is 0 Å². The third-order valence-electron chi connectivity index (χ3n) is 7.05. The van der Waals surface area contributed by atoms with E-state index in [1.807, 2.05) is 43.8 Å². The van der Waals surface area contributed by atoms with E-state index in [0.29, 0.717) is 11.7 Å². The van der Waals surface area contributed by atoms with E-state index in [2.05, 4.69) is 42.3 Å². The van der Waals surface area contributed by atoms with E-state index in [1.165, 1.54) is 23.8 Å². The van der Waals surface area contributed by atoms with E-state index in [4.69, 9.17) is 9.97 Å². The fourth-order valence-corrected chi connectivity index (χ4v) is 5.02. The van der Waals surface area contributed by atoms with Gasteiger partial charge in [0.1, 0.15) is 11.5 Å². The smallest absolute Gasteiger partial charge is 0.163 e. The summed E-state index contributed by atoms with van der Waals surface area (Å²) in [5.74, 6) is 2.31. The summed E-state index contributed by atoms with van der Waals surface area (Å²) in [6.45, 7) is 5.76. The molecule has 1 aliphatic carbocycles. The zero-order valence-electron chi connectivity index (χ0n) is 19.6. The second kappa shape index (κ2) is 8.09. The lowest BCUT2D eigenvalue weighted by Gasteiger charge is -2.30. The van der Waals surface area contributed by atoms with Crippen LogP contribution in [0.1, 0.15) is 30.0 Å². The maximum atomic E-state index is 5.21. The molecule has 8 nitrogen and oxygen atoms in total. The maximum Gasteiger partial charge on any atom is 0.163 e. The van der Waals surface area contributed by atoms with Crippen LogP contribution in [-0.4, -0.2) is 56.1 Å². The van der Waals surface area contributed by atoms with Gasteiger partial charge in [-0.3, -0.25) is 9.97 Å². The zero-order valence-corrected chi connectivity index (χ0v) is 19.6. The second-order valence-electron chi connectivity index (χ2n) is 9.50. The lowest BCUT2D eigenvalue weighted by Crippen LogP contribution is -2.44. The number of fused-ring (bicyclic) bond motifs is 2. The van der Waals surface area contributed by atoms with Gasteiger partial charge in [-0.25, -0.2) is 15.0 Å². The first kappa shape index (κ1) is 20.5. The zero-order chi connectivity index (χ0) is 23.4. The van der Waals surface area contributed by atoms with Crippen LogP contribution in [-0.2, 0) is 0 Å². The van der Waals surface area contributed by atoms with Crippen LogP contribution in [0, 0.1) is 6.92 Å². The molecule has 0 atom stereocenters. The van der Waals surface area contributed by atoms with Crippen LogP contribution in [0.3, 0.4) is 0 Å². The summed E-state index contributed by atoms with van der Waals surface area (Å²) in [6, 6.07) is 8.23. The molecule has 2 fully saturated rings. The van der Waals surface area contributed by atoms with Crippen molar-refractivity contribution in [1.29, 1.82) is 0 Å². The summed E-state index contributed by atoms with van der Waals surface area (Å²) in [5, 5.41) is 5.63. The molecule has 7 rings (SSSR count). The van der Waals surface area contributed by atoms with E-state index in [1.54, 1.807) is 0 Å². The van der Waals surface area contributed by atoms with Gasteiger partial charge in [0.25, 0.3) is 0 Å². The summed E-state index contributed by atoms with van der Waals surface area (Å²) < 4.78 is 0. The van der Waals surface area contributed by atoms with Gasteiger partial charge in [-0.05, 0) is 55.5 Å². The Hall–Kier alpha value is -3.91. The van der Waals surface area contributed by atoms with Gasteiger partial charge < -0.3 is 15.2 Å². The highest BCUT2D eigenvalue weighted by Crippen LogP contribution is 2.45. The van der Waals surface area contributed by atoms with E-state index in [-0.39, 0.29) is 0 Å². The number of anilines is 1. The molecule has 0 bridgehead atoms. The number of nitrogens with one attached hydrogen (secondary N) is 2. The molecular formula is C27H26N8. The van der Waals surface area contributed by atoms with Gasteiger partial charge in [0.05, 0.1) is 11.7 Å². The number of aromatic amines is 1. The molecule has 1 aliphatic heterocycles. The van der Waals surface area contributed by atoms with E-state index in [0.717, 1.165) is 71.1 Å². The van der Waals surface area contributed by atoms with Crippen LogP contribution in [0.25, 0.3) is 44.6 Å². The average Bonchev–Trinajstić information content (AvgIpc) is 3.66. The Morgan fingerprint density at radius 2 is 1.86 bits per heavy atom. The van der Waals surface area contributed by atoms with Crippen LogP contribution in [0.5, 0.6) is 0 Å². The first-order chi connectivity index (χ1) is 17.2. The summed E-state index contributed by atoms with van der Waals surface area (Å²) >= 11 is 0. The summed E-state index contributed by atoms with van der Waals surface area (Å²) in [5.41, 5.74) is 6.98. The summed E-state index contributed by atoms with van der Waals surface area (Å²) in [6.07, 6.45) is 10.1. The molecule has 35 heavy (non-hydrogen) atoms. The number of pyridine rings is 3. The molecule has 2 N–H and O–H groups in total. The third-order valence-corrected chi connectivity index (χ3v) is 7.05. The number of H-pyrrole nitrogens is 1. The molecule has 5 aromatic heterocycles. The van der Waals surface area contributed by atoms with E-state index in [9.17, 15) is 0 Å². The maximum absolute atomic E-state index is 5.21. The topological polar surface area (TPSA) is 95.5 Å². The molecule has 8 heteroatoms.